The van der Waals surface area contributed by atoms with E-state index in [0.29, 0.717) is 22.7 Å². The van der Waals surface area contributed by atoms with Crippen LogP contribution in [0.2, 0.25) is 0 Å². The zero-order valence-corrected chi connectivity index (χ0v) is 22.6. The van der Waals surface area contributed by atoms with Crippen molar-refractivity contribution in [2.45, 2.75) is 0 Å². The largest absolute Gasteiger partial charge is 0.457 e. The van der Waals surface area contributed by atoms with Crippen LogP contribution in [0.25, 0.3) is 22.0 Å². The first-order chi connectivity index (χ1) is 19.5. The molecule has 0 aliphatic carbocycles. The highest BCUT2D eigenvalue weighted by Crippen LogP contribution is 2.31. The Bertz CT molecular complexity index is 1740. The molecule has 2 aromatic carbocycles. The van der Waals surface area contributed by atoms with E-state index in [-0.39, 0.29) is 23.5 Å². The Labute approximate surface area is 240 Å². The van der Waals surface area contributed by atoms with Crippen LogP contribution in [-0.4, -0.2) is 47.0 Å². The second kappa shape index (κ2) is 12.2. The first-order valence-electron chi connectivity index (χ1n) is 12.8. The molecule has 4 heterocycles. The van der Waals surface area contributed by atoms with Gasteiger partial charge < -0.3 is 25.3 Å². The van der Waals surface area contributed by atoms with Gasteiger partial charge in [0.25, 0.3) is 5.91 Å². The highest BCUT2D eigenvalue weighted by molar-refractivity contribution is 6.04. The van der Waals surface area contributed by atoms with Crippen LogP contribution in [0.3, 0.4) is 0 Å². The quantitative estimate of drug-likeness (QED) is 0.262. The summed E-state index contributed by atoms with van der Waals surface area (Å²) in [6.45, 7) is 3.58. The van der Waals surface area contributed by atoms with Gasteiger partial charge in [-0.25, -0.2) is 9.37 Å². The van der Waals surface area contributed by atoms with Crippen LogP contribution in [0.15, 0.2) is 90.2 Å². The van der Waals surface area contributed by atoms with Gasteiger partial charge in [-0.2, -0.15) is 0 Å². The van der Waals surface area contributed by atoms with Crippen molar-refractivity contribution in [3.8, 4) is 22.6 Å². The highest BCUT2D eigenvalue weighted by Gasteiger charge is 2.16. The third-order valence-corrected chi connectivity index (χ3v) is 6.70. The van der Waals surface area contributed by atoms with Crippen LogP contribution in [0.1, 0.15) is 10.4 Å². The maximum Gasteiger partial charge on any atom is 0.261 e. The first-order valence-corrected chi connectivity index (χ1v) is 12.8. The minimum atomic E-state index is -0.563. The number of pyridine rings is 3. The molecule has 0 unspecified atom stereocenters. The fourth-order valence-corrected chi connectivity index (χ4v) is 4.60. The number of carbonyl (C=O) groups excluding carboxylic acids is 1. The van der Waals surface area contributed by atoms with Gasteiger partial charge in [0.2, 0.25) is 5.43 Å². The molecule has 1 fully saturated rings. The van der Waals surface area contributed by atoms with E-state index in [2.05, 4.69) is 30.5 Å². The molecule has 3 aromatic heterocycles. The Balaban J connectivity index is 0.00000337. The number of amides is 1. The Morgan fingerprint density at radius 2 is 1.73 bits per heavy atom. The van der Waals surface area contributed by atoms with Gasteiger partial charge in [-0.1, -0.05) is 12.1 Å². The molecule has 0 saturated carbocycles. The van der Waals surface area contributed by atoms with Crippen LogP contribution in [0.5, 0.6) is 11.5 Å². The number of nitrogens with zero attached hydrogens (tertiary/aromatic N) is 3. The van der Waals surface area contributed by atoms with E-state index in [1.807, 2.05) is 6.07 Å². The van der Waals surface area contributed by atoms with E-state index in [9.17, 15) is 14.0 Å². The van der Waals surface area contributed by atoms with Crippen molar-refractivity contribution in [2.75, 3.05) is 36.4 Å². The van der Waals surface area contributed by atoms with Gasteiger partial charge in [-0.05, 0) is 54.1 Å². The molecule has 0 atom stereocenters. The number of fused-ring (bicyclic) bond motifs is 1. The van der Waals surface area contributed by atoms with Crippen molar-refractivity contribution >= 4 is 40.7 Å². The van der Waals surface area contributed by atoms with E-state index in [4.69, 9.17) is 4.74 Å². The molecule has 41 heavy (non-hydrogen) atoms. The molecule has 1 aliphatic rings. The molecule has 9 nitrogen and oxygen atoms in total. The number of halogens is 2. The third kappa shape index (κ3) is 6.03. The number of nitrogens with one attached hydrogen (secondary N) is 3. The fraction of sp³-hybridized carbons (Fsp3) is 0.133. The second-order valence-corrected chi connectivity index (χ2v) is 9.31. The lowest BCUT2D eigenvalue weighted by molar-refractivity contribution is 0.102. The number of piperazine rings is 1. The predicted octanol–water partition coefficient (Wildman–Crippen LogP) is 5.00. The van der Waals surface area contributed by atoms with E-state index >= 15 is 0 Å². The van der Waals surface area contributed by atoms with Crippen molar-refractivity contribution in [2.24, 2.45) is 0 Å². The number of hydrogen-bond donors (Lipinski definition) is 3. The third-order valence-electron chi connectivity index (χ3n) is 6.70. The number of aromatic nitrogens is 3. The van der Waals surface area contributed by atoms with Gasteiger partial charge in [-0.3, -0.25) is 14.6 Å². The summed E-state index contributed by atoms with van der Waals surface area (Å²) in [4.78, 5) is 39.9. The van der Waals surface area contributed by atoms with E-state index in [1.54, 1.807) is 42.7 Å². The summed E-state index contributed by atoms with van der Waals surface area (Å²) >= 11 is 0. The van der Waals surface area contributed by atoms with Crippen LogP contribution < -0.4 is 25.7 Å². The summed E-state index contributed by atoms with van der Waals surface area (Å²) in [5, 5.41) is 6.94. The maximum absolute atomic E-state index is 13.3. The summed E-state index contributed by atoms with van der Waals surface area (Å²) in [7, 11) is 0. The van der Waals surface area contributed by atoms with Gasteiger partial charge >= 0.3 is 0 Å². The number of ether oxygens (including phenoxy) is 1. The SMILES string of the molecule is Cl.O=C(Nc1ccc(Oc2ccnc3cnc(N4CCNCC4)cc23)cc1)c1c[nH]cc(-c2ccc(F)cc2)c1=O. The summed E-state index contributed by atoms with van der Waals surface area (Å²) in [6, 6.07) is 16.2. The zero-order chi connectivity index (χ0) is 27.5. The molecule has 1 aliphatic heterocycles. The molecule has 0 bridgehead atoms. The van der Waals surface area contributed by atoms with E-state index in [0.717, 1.165) is 42.9 Å². The number of hydrogen-bond acceptors (Lipinski definition) is 7. The van der Waals surface area contributed by atoms with Crippen molar-refractivity contribution in [3.05, 3.63) is 107 Å². The lowest BCUT2D eigenvalue weighted by Crippen LogP contribution is -2.43. The molecular formula is C30H26ClFN6O3. The standard InChI is InChI=1S/C30H25FN6O3.ClH/c31-20-3-1-19(2-4-20)24-16-33-17-25(29(24)38)30(39)36-21-5-7-22(8-6-21)40-27-9-10-34-26-18-35-28(15-23(26)27)37-13-11-32-12-14-37;/h1-10,15-18,32H,11-14H2,(H,33,38)(H,36,39);1H. The van der Waals surface area contributed by atoms with Crippen LogP contribution in [0.4, 0.5) is 15.9 Å². The first kappa shape index (κ1) is 27.8. The van der Waals surface area contributed by atoms with Crippen LogP contribution >= 0.6 is 12.4 Å². The maximum atomic E-state index is 13.3. The molecule has 3 N–H and O–H groups in total. The molecule has 1 amide bonds. The van der Waals surface area contributed by atoms with E-state index in [1.165, 1.54) is 36.7 Å². The average Bonchev–Trinajstić information content (AvgIpc) is 2.99. The lowest BCUT2D eigenvalue weighted by atomic mass is 10.0. The molecule has 0 radical (unpaired) electrons. The zero-order valence-electron chi connectivity index (χ0n) is 21.8. The topological polar surface area (TPSA) is 112 Å². The van der Waals surface area contributed by atoms with Crippen molar-refractivity contribution in [3.63, 3.8) is 0 Å². The number of H-pyrrole nitrogens is 1. The number of aromatic amines is 1. The molecule has 1 saturated heterocycles. The number of anilines is 2. The fourth-order valence-electron chi connectivity index (χ4n) is 4.60. The molecular weight excluding hydrogens is 547 g/mol. The monoisotopic (exact) mass is 572 g/mol. The normalized spacial score (nSPS) is 13.0. The van der Waals surface area contributed by atoms with Crippen molar-refractivity contribution in [1.82, 2.24) is 20.3 Å². The highest BCUT2D eigenvalue weighted by atomic mass is 35.5. The number of carbonyl (C=O) groups is 1. The summed E-state index contributed by atoms with van der Waals surface area (Å²) in [6.07, 6.45) is 6.27. The van der Waals surface area contributed by atoms with Crippen LogP contribution in [-0.2, 0) is 0 Å². The summed E-state index contributed by atoms with van der Waals surface area (Å²) in [5.41, 5.74) is 1.50. The molecule has 11 heteroatoms. The summed E-state index contributed by atoms with van der Waals surface area (Å²) in [5.74, 6) is 1.12. The average molecular weight is 573 g/mol. The molecule has 6 rings (SSSR count). The minimum absolute atomic E-state index is 0. The van der Waals surface area contributed by atoms with Crippen molar-refractivity contribution in [1.29, 1.82) is 0 Å². The molecule has 5 aromatic rings. The van der Waals surface area contributed by atoms with Gasteiger partial charge in [-0.15, -0.1) is 12.4 Å². The Morgan fingerprint density at radius 1 is 0.976 bits per heavy atom. The molecule has 0 spiro atoms. The number of rotatable bonds is 6. The van der Waals surface area contributed by atoms with Crippen molar-refractivity contribution < 1.29 is 13.9 Å². The van der Waals surface area contributed by atoms with Gasteiger partial charge in [0.15, 0.2) is 0 Å². The van der Waals surface area contributed by atoms with Gasteiger partial charge in [0.05, 0.1) is 11.7 Å². The minimum Gasteiger partial charge on any atom is -0.457 e. The smallest absolute Gasteiger partial charge is 0.261 e. The lowest BCUT2D eigenvalue weighted by Gasteiger charge is -2.28. The second-order valence-electron chi connectivity index (χ2n) is 9.31. The van der Waals surface area contributed by atoms with Crippen LogP contribution in [0, 0.1) is 5.82 Å². The Hall–Kier alpha value is -4.80. The van der Waals surface area contributed by atoms with Gasteiger partial charge in [0.1, 0.15) is 28.7 Å². The Kier molecular flexibility index (Phi) is 8.23. The Morgan fingerprint density at radius 3 is 2.49 bits per heavy atom. The molecule has 208 valence electrons. The predicted molar refractivity (Wildman–Crippen MR) is 159 cm³/mol. The number of benzene rings is 2. The summed E-state index contributed by atoms with van der Waals surface area (Å²) < 4.78 is 19.5. The van der Waals surface area contributed by atoms with E-state index < -0.39 is 17.2 Å². The van der Waals surface area contributed by atoms with Gasteiger partial charge in [0, 0.05) is 61.4 Å².